The molecule has 2 heterocycles. The Balaban J connectivity index is 2.51. The molecule has 0 saturated carbocycles. The van der Waals surface area contributed by atoms with Gasteiger partial charge >= 0.3 is 6.16 Å². The van der Waals surface area contributed by atoms with E-state index in [9.17, 15) is 4.79 Å². The van der Waals surface area contributed by atoms with Crippen LogP contribution in [0.15, 0.2) is 30.6 Å². The molecule has 2 rings (SSSR count). The molecular weight excluding hydrogens is 258 g/mol. The van der Waals surface area contributed by atoms with Crippen LogP contribution in [0.2, 0.25) is 5.02 Å². The van der Waals surface area contributed by atoms with Gasteiger partial charge in [0.25, 0.3) is 0 Å². The Hall–Kier alpha value is -2.34. The first kappa shape index (κ1) is 12.1. The Morgan fingerprint density at radius 3 is 2.67 bits per heavy atom. The number of halogens is 1. The fourth-order valence-electron chi connectivity index (χ4n) is 1.35. The van der Waals surface area contributed by atoms with Crippen LogP contribution in [0.3, 0.4) is 0 Å². The quantitative estimate of drug-likeness (QED) is 0.809. The number of nitrogen functional groups attached to an aromatic ring is 1. The Morgan fingerprint density at radius 1 is 1.39 bits per heavy atom. The summed E-state index contributed by atoms with van der Waals surface area (Å²) in [5.74, 6) is -0.240. The van der Waals surface area contributed by atoms with Gasteiger partial charge in [0.05, 0.1) is 11.4 Å². The average molecular weight is 266 g/mol. The Labute approximate surface area is 107 Å². The molecule has 0 bridgehead atoms. The van der Waals surface area contributed by atoms with Crippen molar-refractivity contribution in [3.05, 3.63) is 35.6 Å². The maximum Gasteiger partial charge on any atom is 0.512 e. The molecule has 0 aliphatic carbocycles. The molecule has 0 amide bonds. The van der Waals surface area contributed by atoms with Gasteiger partial charge in [-0.2, -0.15) is 0 Å². The zero-order valence-electron chi connectivity index (χ0n) is 9.00. The van der Waals surface area contributed by atoms with Crippen molar-refractivity contribution in [1.29, 1.82) is 0 Å². The van der Waals surface area contributed by atoms with Crippen molar-refractivity contribution >= 4 is 23.4 Å². The standard InChI is InChI=1S/C11H8ClN3O3/c12-9-7(13)5-8(6-1-3-14-4-2-6)15-10(9)18-11(16)17/h1-5H,(H2,13,15)(H,16,17). The fourth-order valence-corrected chi connectivity index (χ4v) is 1.48. The predicted molar refractivity (Wildman–Crippen MR) is 65.5 cm³/mol. The highest BCUT2D eigenvalue weighted by atomic mass is 35.5. The van der Waals surface area contributed by atoms with Crippen LogP contribution in [0.25, 0.3) is 11.3 Å². The first-order valence-electron chi connectivity index (χ1n) is 4.85. The lowest BCUT2D eigenvalue weighted by molar-refractivity contribution is 0.142. The van der Waals surface area contributed by atoms with E-state index in [4.69, 9.17) is 22.4 Å². The second-order valence-electron chi connectivity index (χ2n) is 3.32. The van der Waals surface area contributed by atoms with Gasteiger partial charge in [-0.25, -0.2) is 9.78 Å². The second-order valence-corrected chi connectivity index (χ2v) is 3.70. The molecule has 2 aromatic rings. The fraction of sp³-hybridized carbons (Fsp3) is 0. The topological polar surface area (TPSA) is 98.3 Å². The van der Waals surface area contributed by atoms with Crippen LogP contribution in [0.1, 0.15) is 0 Å². The first-order chi connectivity index (χ1) is 8.58. The van der Waals surface area contributed by atoms with Crippen molar-refractivity contribution in [2.45, 2.75) is 0 Å². The predicted octanol–water partition coefficient (Wildman–Crippen LogP) is 2.44. The summed E-state index contributed by atoms with van der Waals surface area (Å²) in [5, 5.41) is 8.54. The summed E-state index contributed by atoms with van der Waals surface area (Å²) in [7, 11) is 0. The molecule has 0 aromatic carbocycles. The SMILES string of the molecule is Nc1cc(-c2ccncc2)nc(OC(=O)O)c1Cl. The third-order valence-electron chi connectivity index (χ3n) is 2.12. The smallest absolute Gasteiger partial charge is 0.449 e. The minimum absolute atomic E-state index is 0.0322. The molecule has 7 heteroatoms. The summed E-state index contributed by atoms with van der Waals surface area (Å²) in [6.07, 6.45) is 1.66. The van der Waals surface area contributed by atoms with Crippen LogP contribution >= 0.6 is 11.6 Å². The molecule has 0 spiro atoms. The molecule has 3 N–H and O–H groups in total. The van der Waals surface area contributed by atoms with Crippen molar-refractivity contribution in [2.75, 3.05) is 5.73 Å². The lowest BCUT2D eigenvalue weighted by Crippen LogP contribution is -2.06. The number of anilines is 1. The third kappa shape index (κ3) is 2.49. The molecule has 2 aromatic heterocycles. The maximum absolute atomic E-state index is 10.5. The highest BCUT2D eigenvalue weighted by Gasteiger charge is 2.14. The third-order valence-corrected chi connectivity index (χ3v) is 2.50. The van der Waals surface area contributed by atoms with Gasteiger partial charge in [-0.15, -0.1) is 0 Å². The second kappa shape index (κ2) is 4.89. The normalized spacial score (nSPS) is 10.1. The number of hydrogen-bond acceptors (Lipinski definition) is 5. The van der Waals surface area contributed by atoms with E-state index in [0.717, 1.165) is 5.56 Å². The van der Waals surface area contributed by atoms with Crippen LogP contribution in [0.4, 0.5) is 10.5 Å². The lowest BCUT2D eigenvalue weighted by atomic mass is 10.1. The minimum atomic E-state index is -1.50. The summed E-state index contributed by atoms with van der Waals surface area (Å²) < 4.78 is 4.47. The van der Waals surface area contributed by atoms with Gasteiger partial charge in [0.15, 0.2) is 0 Å². The Bertz CT molecular complexity index is 590. The lowest BCUT2D eigenvalue weighted by Gasteiger charge is -2.08. The molecule has 92 valence electrons. The number of aromatic nitrogens is 2. The van der Waals surface area contributed by atoms with Crippen LogP contribution in [-0.4, -0.2) is 21.2 Å². The van der Waals surface area contributed by atoms with Crippen LogP contribution in [0, 0.1) is 0 Å². The average Bonchev–Trinajstić information content (AvgIpc) is 2.35. The van der Waals surface area contributed by atoms with E-state index in [1.54, 1.807) is 24.5 Å². The molecule has 18 heavy (non-hydrogen) atoms. The minimum Gasteiger partial charge on any atom is -0.449 e. The zero-order valence-corrected chi connectivity index (χ0v) is 9.76. The summed E-state index contributed by atoms with van der Waals surface area (Å²) >= 11 is 5.81. The van der Waals surface area contributed by atoms with Gasteiger partial charge in [0, 0.05) is 18.0 Å². The monoisotopic (exact) mass is 265 g/mol. The van der Waals surface area contributed by atoms with Gasteiger partial charge in [-0.1, -0.05) is 11.6 Å². The van der Waals surface area contributed by atoms with E-state index < -0.39 is 6.16 Å². The van der Waals surface area contributed by atoms with Gasteiger partial charge in [-0.05, 0) is 18.2 Å². The van der Waals surface area contributed by atoms with Crippen molar-refractivity contribution in [3.63, 3.8) is 0 Å². The van der Waals surface area contributed by atoms with Crippen molar-refractivity contribution in [2.24, 2.45) is 0 Å². The van der Waals surface area contributed by atoms with E-state index in [1.807, 2.05) is 0 Å². The first-order valence-corrected chi connectivity index (χ1v) is 5.23. The largest absolute Gasteiger partial charge is 0.512 e. The number of hydrogen-bond donors (Lipinski definition) is 2. The number of ether oxygens (including phenoxy) is 1. The van der Waals surface area contributed by atoms with Gasteiger partial charge < -0.3 is 15.6 Å². The van der Waals surface area contributed by atoms with Crippen LogP contribution < -0.4 is 10.5 Å². The van der Waals surface area contributed by atoms with Crippen LogP contribution in [0.5, 0.6) is 5.88 Å². The Morgan fingerprint density at radius 2 is 2.06 bits per heavy atom. The van der Waals surface area contributed by atoms with E-state index in [-0.39, 0.29) is 16.6 Å². The van der Waals surface area contributed by atoms with Gasteiger partial charge in [-0.3, -0.25) is 4.98 Å². The van der Waals surface area contributed by atoms with Crippen molar-refractivity contribution < 1.29 is 14.6 Å². The number of nitrogens with zero attached hydrogens (tertiary/aromatic N) is 2. The molecular formula is C11H8ClN3O3. The summed E-state index contributed by atoms with van der Waals surface area (Å²) in [6, 6.07) is 4.95. The number of nitrogens with two attached hydrogens (primary N) is 1. The Kier molecular flexibility index (Phi) is 3.29. The van der Waals surface area contributed by atoms with E-state index >= 15 is 0 Å². The van der Waals surface area contributed by atoms with Crippen LogP contribution in [-0.2, 0) is 0 Å². The summed E-state index contributed by atoms with van der Waals surface area (Å²) in [5.41, 5.74) is 7.04. The summed E-state index contributed by atoms with van der Waals surface area (Å²) in [6.45, 7) is 0. The summed E-state index contributed by atoms with van der Waals surface area (Å²) in [4.78, 5) is 18.4. The van der Waals surface area contributed by atoms with Crippen molar-refractivity contribution in [1.82, 2.24) is 9.97 Å². The number of pyridine rings is 2. The molecule has 6 nitrogen and oxygen atoms in total. The van der Waals surface area contributed by atoms with E-state index in [1.165, 1.54) is 6.07 Å². The molecule has 0 fully saturated rings. The van der Waals surface area contributed by atoms with E-state index in [2.05, 4.69) is 14.7 Å². The van der Waals surface area contributed by atoms with Gasteiger partial charge in [0.2, 0.25) is 5.88 Å². The number of carboxylic acid groups (broad SMARTS) is 1. The number of rotatable bonds is 2. The molecule has 0 unspecified atom stereocenters. The molecule has 0 aliphatic rings. The molecule has 0 saturated heterocycles. The number of carbonyl (C=O) groups is 1. The maximum atomic E-state index is 10.5. The molecule has 0 radical (unpaired) electrons. The van der Waals surface area contributed by atoms with E-state index in [0.29, 0.717) is 5.69 Å². The zero-order chi connectivity index (χ0) is 13.1. The molecule has 0 atom stereocenters. The highest BCUT2D eigenvalue weighted by molar-refractivity contribution is 6.34. The van der Waals surface area contributed by atoms with Crippen molar-refractivity contribution in [3.8, 4) is 17.1 Å². The molecule has 0 aliphatic heterocycles. The highest BCUT2D eigenvalue weighted by Crippen LogP contribution is 2.32. The van der Waals surface area contributed by atoms with Gasteiger partial charge in [0.1, 0.15) is 5.02 Å².